The van der Waals surface area contributed by atoms with Crippen molar-refractivity contribution in [1.82, 2.24) is 24.1 Å². The topological polar surface area (TPSA) is 94.2 Å². The number of pyridine rings is 1. The number of para-hydroxylation sites is 1. The van der Waals surface area contributed by atoms with Crippen LogP contribution in [0.25, 0.3) is 17.0 Å². The summed E-state index contributed by atoms with van der Waals surface area (Å²) in [5, 5.41) is 7.36. The Bertz CT molecular complexity index is 1230. The van der Waals surface area contributed by atoms with Crippen molar-refractivity contribution in [3.63, 3.8) is 0 Å². The lowest BCUT2D eigenvalue weighted by Gasteiger charge is -2.06. The monoisotopic (exact) mass is 394 g/mol. The predicted molar refractivity (Wildman–Crippen MR) is 105 cm³/mol. The Labute approximate surface area is 164 Å². The summed E-state index contributed by atoms with van der Waals surface area (Å²) in [6.07, 6.45) is 1.67. The molecule has 9 heteroatoms. The van der Waals surface area contributed by atoms with E-state index in [0.717, 1.165) is 4.68 Å². The molecule has 8 nitrogen and oxygen atoms in total. The summed E-state index contributed by atoms with van der Waals surface area (Å²) in [5.74, 6) is 0.0510. The molecule has 1 N–H and O–H groups in total. The van der Waals surface area contributed by atoms with E-state index < -0.39 is 11.6 Å². The first-order valence-corrected chi connectivity index (χ1v) is 8.84. The molecular weight excluding hydrogens is 380 g/mol. The average Bonchev–Trinajstić information content (AvgIpc) is 3.00. The number of aryl methyl sites for hydroxylation is 1. The second-order valence-electron chi connectivity index (χ2n) is 6.07. The number of anilines is 1. The standard InChI is InChI=1S/C19H15ClN6O2/c1-12-22-16(15-8-4-5-9-21-15)10-17-24-25(19(28)26(12)17)11-18(27)23-14-7-3-2-6-13(14)20/h2-10H,11H2,1H3,(H,23,27). The van der Waals surface area contributed by atoms with Crippen LogP contribution in [-0.2, 0) is 11.3 Å². The number of hydrogen-bond acceptors (Lipinski definition) is 5. The predicted octanol–water partition coefficient (Wildman–Crippen LogP) is 2.55. The Hall–Kier alpha value is -3.52. The van der Waals surface area contributed by atoms with Crippen molar-refractivity contribution in [2.75, 3.05) is 5.32 Å². The van der Waals surface area contributed by atoms with Crippen LogP contribution >= 0.6 is 11.6 Å². The van der Waals surface area contributed by atoms with Crippen LogP contribution in [0.5, 0.6) is 0 Å². The van der Waals surface area contributed by atoms with Gasteiger partial charge in [-0.1, -0.05) is 29.8 Å². The molecule has 28 heavy (non-hydrogen) atoms. The largest absolute Gasteiger partial charge is 0.352 e. The van der Waals surface area contributed by atoms with E-state index >= 15 is 0 Å². The van der Waals surface area contributed by atoms with Gasteiger partial charge >= 0.3 is 5.69 Å². The lowest BCUT2D eigenvalue weighted by atomic mass is 10.2. The van der Waals surface area contributed by atoms with Gasteiger partial charge < -0.3 is 5.32 Å². The fourth-order valence-corrected chi connectivity index (χ4v) is 3.02. The first kappa shape index (κ1) is 17.9. The summed E-state index contributed by atoms with van der Waals surface area (Å²) in [4.78, 5) is 33.7. The van der Waals surface area contributed by atoms with Crippen LogP contribution in [-0.4, -0.2) is 30.1 Å². The summed E-state index contributed by atoms with van der Waals surface area (Å²) in [6, 6.07) is 14.0. The van der Waals surface area contributed by atoms with Gasteiger partial charge in [0.1, 0.15) is 12.4 Å². The van der Waals surface area contributed by atoms with Crippen LogP contribution in [0.15, 0.2) is 59.5 Å². The van der Waals surface area contributed by atoms with E-state index in [1.54, 1.807) is 43.5 Å². The minimum atomic E-state index is -0.443. The van der Waals surface area contributed by atoms with Crippen LogP contribution in [0.3, 0.4) is 0 Å². The van der Waals surface area contributed by atoms with E-state index in [2.05, 4.69) is 20.4 Å². The van der Waals surface area contributed by atoms with E-state index in [1.165, 1.54) is 4.40 Å². The third-order valence-corrected chi connectivity index (χ3v) is 4.43. The molecule has 0 saturated heterocycles. The number of amides is 1. The summed E-state index contributed by atoms with van der Waals surface area (Å²) >= 11 is 6.05. The molecule has 4 rings (SSSR count). The van der Waals surface area contributed by atoms with E-state index in [4.69, 9.17) is 11.6 Å². The Morgan fingerprint density at radius 2 is 1.93 bits per heavy atom. The molecule has 3 aromatic heterocycles. The normalized spacial score (nSPS) is 10.9. The van der Waals surface area contributed by atoms with Gasteiger partial charge in [0.25, 0.3) is 0 Å². The number of hydrogen-bond donors (Lipinski definition) is 1. The molecule has 4 aromatic rings. The maximum Gasteiger partial charge on any atom is 0.352 e. The highest BCUT2D eigenvalue weighted by Crippen LogP contribution is 2.20. The summed E-state index contributed by atoms with van der Waals surface area (Å²) < 4.78 is 2.45. The minimum absolute atomic E-state index is 0.246. The molecular formula is C19H15ClN6O2. The van der Waals surface area contributed by atoms with Gasteiger partial charge in [-0.3, -0.25) is 9.78 Å². The molecule has 0 unspecified atom stereocenters. The average molecular weight is 395 g/mol. The van der Waals surface area contributed by atoms with Crippen LogP contribution in [0, 0.1) is 6.92 Å². The van der Waals surface area contributed by atoms with Gasteiger partial charge in [-0.25, -0.2) is 18.9 Å². The summed E-state index contributed by atoms with van der Waals surface area (Å²) in [6.45, 7) is 1.46. The molecule has 0 fully saturated rings. The van der Waals surface area contributed by atoms with Crippen molar-refractivity contribution >= 4 is 28.8 Å². The minimum Gasteiger partial charge on any atom is -0.323 e. The first-order chi connectivity index (χ1) is 13.5. The van der Waals surface area contributed by atoms with E-state index in [-0.39, 0.29) is 6.54 Å². The van der Waals surface area contributed by atoms with Gasteiger partial charge in [0.15, 0.2) is 5.65 Å². The third kappa shape index (κ3) is 3.37. The number of nitrogens with zero attached hydrogens (tertiary/aromatic N) is 5. The summed E-state index contributed by atoms with van der Waals surface area (Å²) in [7, 11) is 0. The maximum absolute atomic E-state index is 12.7. The zero-order valence-electron chi connectivity index (χ0n) is 14.8. The van der Waals surface area contributed by atoms with Gasteiger partial charge in [0.05, 0.1) is 22.1 Å². The number of fused-ring (bicyclic) bond motifs is 1. The van der Waals surface area contributed by atoms with Gasteiger partial charge in [-0.05, 0) is 31.2 Å². The van der Waals surface area contributed by atoms with Crippen molar-refractivity contribution < 1.29 is 4.79 Å². The molecule has 0 atom stereocenters. The van der Waals surface area contributed by atoms with Crippen LogP contribution in [0.2, 0.25) is 5.02 Å². The lowest BCUT2D eigenvalue weighted by Crippen LogP contribution is -2.29. The fourth-order valence-electron chi connectivity index (χ4n) is 2.84. The molecule has 0 spiro atoms. The summed E-state index contributed by atoms with van der Waals surface area (Å²) in [5.41, 5.74) is 1.70. The number of nitrogens with one attached hydrogen (secondary N) is 1. The van der Waals surface area contributed by atoms with E-state index in [9.17, 15) is 9.59 Å². The number of rotatable bonds is 4. The third-order valence-electron chi connectivity index (χ3n) is 4.10. The number of carbonyl (C=O) groups is 1. The van der Waals surface area contributed by atoms with E-state index in [0.29, 0.717) is 33.6 Å². The van der Waals surface area contributed by atoms with Crippen molar-refractivity contribution in [1.29, 1.82) is 0 Å². The molecule has 0 saturated carbocycles. The van der Waals surface area contributed by atoms with Crippen LogP contribution < -0.4 is 11.0 Å². The van der Waals surface area contributed by atoms with Crippen molar-refractivity contribution in [2.24, 2.45) is 0 Å². The second kappa shape index (κ2) is 7.24. The number of aromatic nitrogens is 5. The highest BCUT2D eigenvalue weighted by molar-refractivity contribution is 6.33. The maximum atomic E-state index is 12.7. The van der Waals surface area contributed by atoms with Crippen molar-refractivity contribution in [3.05, 3.63) is 76.1 Å². The molecule has 0 aliphatic carbocycles. The molecule has 0 aliphatic heterocycles. The number of benzene rings is 1. The number of halogens is 1. The number of carbonyl (C=O) groups excluding carboxylic acids is 1. The van der Waals surface area contributed by atoms with Crippen molar-refractivity contribution in [3.8, 4) is 11.4 Å². The molecule has 0 bridgehead atoms. The molecule has 1 amide bonds. The molecule has 140 valence electrons. The van der Waals surface area contributed by atoms with Gasteiger partial charge in [0, 0.05) is 12.3 Å². The highest BCUT2D eigenvalue weighted by Gasteiger charge is 2.15. The molecule has 3 heterocycles. The van der Waals surface area contributed by atoms with E-state index in [1.807, 2.05) is 18.2 Å². The Balaban J connectivity index is 1.66. The SMILES string of the molecule is Cc1nc(-c2ccccn2)cc2nn(CC(=O)Nc3ccccc3Cl)c(=O)n12. The van der Waals surface area contributed by atoms with Gasteiger partial charge in [-0.15, -0.1) is 5.10 Å². The molecule has 0 radical (unpaired) electrons. The fraction of sp³-hybridized carbons (Fsp3) is 0.105. The zero-order valence-corrected chi connectivity index (χ0v) is 15.6. The van der Waals surface area contributed by atoms with Crippen LogP contribution in [0.1, 0.15) is 5.82 Å². The zero-order chi connectivity index (χ0) is 19.7. The van der Waals surface area contributed by atoms with Crippen LogP contribution in [0.4, 0.5) is 5.69 Å². The Morgan fingerprint density at radius 1 is 1.14 bits per heavy atom. The van der Waals surface area contributed by atoms with Gasteiger partial charge in [-0.2, -0.15) is 0 Å². The van der Waals surface area contributed by atoms with Gasteiger partial charge in [0.2, 0.25) is 5.91 Å². The molecule has 0 aliphatic rings. The first-order valence-electron chi connectivity index (χ1n) is 8.46. The lowest BCUT2D eigenvalue weighted by molar-refractivity contribution is -0.117. The quantitative estimate of drug-likeness (QED) is 0.574. The highest BCUT2D eigenvalue weighted by atomic mass is 35.5. The second-order valence-corrected chi connectivity index (χ2v) is 6.47. The van der Waals surface area contributed by atoms with Crippen molar-refractivity contribution in [2.45, 2.75) is 13.5 Å². The Kier molecular flexibility index (Phi) is 4.62. The molecule has 1 aromatic carbocycles. The Morgan fingerprint density at radius 3 is 2.68 bits per heavy atom. The smallest absolute Gasteiger partial charge is 0.323 e.